The fraction of sp³-hybridized carbons (Fsp3) is 0.684. The molecule has 1 nitrogen and oxygen atoms in total. The van der Waals surface area contributed by atoms with Gasteiger partial charge in [0.15, 0.2) is 0 Å². The number of rotatable bonds is 5. The van der Waals surface area contributed by atoms with Crippen LogP contribution in [0.4, 0.5) is 4.39 Å². The van der Waals surface area contributed by atoms with Gasteiger partial charge in [0, 0.05) is 6.04 Å². The molecule has 1 aliphatic carbocycles. The van der Waals surface area contributed by atoms with Crippen LogP contribution < -0.4 is 5.32 Å². The molecule has 0 radical (unpaired) electrons. The summed E-state index contributed by atoms with van der Waals surface area (Å²) >= 11 is 0. The van der Waals surface area contributed by atoms with Crippen LogP contribution in [0.25, 0.3) is 0 Å². The highest BCUT2D eigenvalue weighted by Crippen LogP contribution is 2.46. The van der Waals surface area contributed by atoms with E-state index in [1.165, 1.54) is 31.2 Å². The Kier molecular flexibility index (Phi) is 5.43. The van der Waals surface area contributed by atoms with E-state index in [1.807, 2.05) is 19.1 Å². The molecule has 0 heterocycles. The first kappa shape index (κ1) is 16.5. The number of benzene rings is 1. The zero-order chi connectivity index (χ0) is 15.5. The lowest BCUT2D eigenvalue weighted by molar-refractivity contribution is 0.0981. The van der Waals surface area contributed by atoms with Gasteiger partial charge < -0.3 is 5.32 Å². The van der Waals surface area contributed by atoms with Crippen LogP contribution in [-0.4, -0.2) is 6.54 Å². The smallest absolute Gasteiger partial charge is 0.126 e. The molecule has 0 aliphatic heterocycles. The van der Waals surface area contributed by atoms with E-state index in [9.17, 15) is 4.39 Å². The summed E-state index contributed by atoms with van der Waals surface area (Å²) in [4.78, 5) is 0. The molecular weight excluding hydrogens is 261 g/mol. The Hall–Kier alpha value is -0.890. The summed E-state index contributed by atoms with van der Waals surface area (Å²) in [7, 11) is 0. The first-order chi connectivity index (χ1) is 9.95. The third-order valence-corrected chi connectivity index (χ3v) is 5.15. The minimum absolute atomic E-state index is 0.101. The van der Waals surface area contributed by atoms with Crippen molar-refractivity contribution in [1.29, 1.82) is 0 Å². The van der Waals surface area contributed by atoms with E-state index in [-0.39, 0.29) is 5.82 Å². The van der Waals surface area contributed by atoms with Gasteiger partial charge in [-0.3, -0.25) is 0 Å². The molecule has 1 aromatic carbocycles. The number of aryl methyl sites for hydroxylation is 1. The fourth-order valence-electron chi connectivity index (χ4n) is 3.79. The van der Waals surface area contributed by atoms with Crippen molar-refractivity contribution in [3.05, 3.63) is 35.1 Å². The van der Waals surface area contributed by atoms with E-state index in [0.29, 0.717) is 17.4 Å². The van der Waals surface area contributed by atoms with Crippen LogP contribution in [0.1, 0.15) is 70.0 Å². The van der Waals surface area contributed by atoms with Gasteiger partial charge in [0.05, 0.1) is 0 Å². The van der Waals surface area contributed by atoms with E-state index in [0.717, 1.165) is 18.5 Å². The maximum atomic E-state index is 13.6. The first-order valence-electron chi connectivity index (χ1n) is 8.45. The van der Waals surface area contributed by atoms with Gasteiger partial charge in [0.1, 0.15) is 5.82 Å². The molecule has 2 unspecified atom stereocenters. The van der Waals surface area contributed by atoms with Crippen LogP contribution in [0, 0.1) is 24.1 Å². The van der Waals surface area contributed by atoms with Crippen molar-refractivity contribution in [2.75, 3.05) is 6.54 Å². The van der Waals surface area contributed by atoms with Gasteiger partial charge in [-0.1, -0.05) is 45.7 Å². The van der Waals surface area contributed by atoms with Gasteiger partial charge in [-0.2, -0.15) is 0 Å². The maximum absolute atomic E-state index is 13.6. The second-order valence-electron chi connectivity index (χ2n) is 7.28. The van der Waals surface area contributed by atoms with Crippen LogP contribution in [0.5, 0.6) is 0 Å². The van der Waals surface area contributed by atoms with Crippen molar-refractivity contribution in [1.82, 2.24) is 5.32 Å². The molecule has 1 aliphatic rings. The summed E-state index contributed by atoms with van der Waals surface area (Å²) in [6, 6.07) is 5.98. The fourth-order valence-corrected chi connectivity index (χ4v) is 3.79. The Morgan fingerprint density at radius 1 is 1.33 bits per heavy atom. The number of hydrogen-bond acceptors (Lipinski definition) is 1. The second kappa shape index (κ2) is 6.91. The van der Waals surface area contributed by atoms with E-state index in [1.54, 1.807) is 6.07 Å². The Morgan fingerprint density at radius 3 is 2.71 bits per heavy atom. The van der Waals surface area contributed by atoms with Gasteiger partial charge in [0.2, 0.25) is 0 Å². The van der Waals surface area contributed by atoms with Gasteiger partial charge in [-0.15, -0.1) is 0 Å². The molecule has 21 heavy (non-hydrogen) atoms. The lowest BCUT2D eigenvalue weighted by Crippen LogP contribution is -2.39. The Labute approximate surface area is 129 Å². The summed E-state index contributed by atoms with van der Waals surface area (Å²) in [5.74, 6) is 0.526. The third-order valence-electron chi connectivity index (χ3n) is 5.15. The second-order valence-corrected chi connectivity index (χ2v) is 7.28. The van der Waals surface area contributed by atoms with Gasteiger partial charge >= 0.3 is 0 Å². The average Bonchev–Trinajstić information content (AvgIpc) is 2.44. The molecule has 0 amide bonds. The highest BCUT2D eigenvalue weighted by atomic mass is 19.1. The molecule has 1 aromatic rings. The molecular formula is C19H30FN. The molecule has 2 heteroatoms. The van der Waals surface area contributed by atoms with Crippen molar-refractivity contribution < 1.29 is 4.39 Å². The molecule has 0 saturated heterocycles. The molecule has 0 aromatic heterocycles. The topological polar surface area (TPSA) is 12.0 Å². The van der Waals surface area contributed by atoms with E-state index >= 15 is 0 Å². The minimum atomic E-state index is -0.101. The Bertz CT molecular complexity index is 467. The van der Waals surface area contributed by atoms with Gasteiger partial charge in [-0.05, 0) is 61.3 Å². The predicted molar refractivity (Wildman–Crippen MR) is 87.9 cm³/mol. The largest absolute Gasteiger partial charge is 0.310 e. The summed E-state index contributed by atoms with van der Waals surface area (Å²) in [5, 5.41) is 3.74. The Balaban J connectivity index is 2.30. The van der Waals surface area contributed by atoms with Crippen molar-refractivity contribution in [3.63, 3.8) is 0 Å². The van der Waals surface area contributed by atoms with Crippen LogP contribution >= 0.6 is 0 Å². The minimum Gasteiger partial charge on any atom is -0.310 e. The van der Waals surface area contributed by atoms with Crippen molar-refractivity contribution in [3.8, 4) is 0 Å². The average molecular weight is 291 g/mol. The maximum Gasteiger partial charge on any atom is 0.126 e. The number of hydrogen-bond donors (Lipinski definition) is 1. The predicted octanol–water partition coefficient (Wildman–Crippen LogP) is 5.39. The lowest BCUT2D eigenvalue weighted by Gasteiger charge is -2.44. The standard InChI is InChI=1S/C19H30FN/c1-5-12-21-18(15-9-10-17(20)14(2)13-15)16-8-6-7-11-19(16,3)4/h9-10,13,16,18,21H,5-8,11-12H2,1-4H3. The number of nitrogens with one attached hydrogen (secondary N) is 1. The van der Waals surface area contributed by atoms with Crippen LogP contribution in [0.3, 0.4) is 0 Å². The number of halogens is 1. The molecule has 1 fully saturated rings. The van der Waals surface area contributed by atoms with Crippen LogP contribution in [-0.2, 0) is 0 Å². The van der Waals surface area contributed by atoms with E-state index in [4.69, 9.17) is 0 Å². The SMILES string of the molecule is CCCNC(c1ccc(F)c(C)c1)C1CCCCC1(C)C. The first-order valence-corrected chi connectivity index (χ1v) is 8.45. The highest BCUT2D eigenvalue weighted by Gasteiger charge is 2.37. The summed E-state index contributed by atoms with van der Waals surface area (Å²) in [6.07, 6.45) is 6.35. The zero-order valence-electron chi connectivity index (χ0n) is 14.0. The Morgan fingerprint density at radius 2 is 2.10 bits per heavy atom. The van der Waals surface area contributed by atoms with E-state index < -0.39 is 0 Å². The highest BCUT2D eigenvalue weighted by molar-refractivity contribution is 5.27. The van der Waals surface area contributed by atoms with Crippen molar-refractivity contribution in [2.24, 2.45) is 11.3 Å². The molecule has 118 valence electrons. The summed E-state index contributed by atoms with van der Waals surface area (Å²) in [5.41, 5.74) is 2.36. The van der Waals surface area contributed by atoms with Gasteiger partial charge in [0.25, 0.3) is 0 Å². The van der Waals surface area contributed by atoms with E-state index in [2.05, 4.69) is 26.1 Å². The summed E-state index contributed by atoms with van der Waals surface area (Å²) < 4.78 is 13.6. The van der Waals surface area contributed by atoms with Crippen LogP contribution in [0.15, 0.2) is 18.2 Å². The molecule has 2 atom stereocenters. The molecule has 2 rings (SSSR count). The van der Waals surface area contributed by atoms with Gasteiger partial charge in [-0.25, -0.2) is 4.39 Å². The molecule has 0 bridgehead atoms. The lowest BCUT2D eigenvalue weighted by atomic mass is 9.64. The van der Waals surface area contributed by atoms with Crippen molar-refractivity contribution in [2.45, 2.75) is 65.8 Å². The third kappa shape index (κ3) is 3.85. The molecule has 1 saturated carbocycles. The molecule has 1 N–H and O–H groups in total. The molecule has 0 spiro atoms. The monoisotopic (exact) mass is 291 g/mol. The summed E-state index contributed by atoms with van der Waals surface area (Å²) in [6.45, 7) is 9.88. The quantitative estimate of drug-likeness (QED) is 0.766. The van der Waals surface area contributed by atoms with Crippen LogP contribution in [0.2, 0.25) is 0 Å². The normalized spacial score (nSPS) is 23.0. The zero-order valence-corrected chi connectivity index (χ0v) is 14.0. The van der Waals surface area contributed by atoms with Crippen molar-refractivity contribution >= 4 is 0 Å².